The number of piperidine rings is 1. The molecule has 0 saturated carbocycles. The molecule has 0 atom stereocenters. The number of aryl methyl sites for hydroxylation is 1. The molecular formula is C21H23N5O2. The molecule has 0 spiro atoms. The number of amides is 1. The monoisotopic (exact) mass is 377 g/mol. The number of nitrogens with zero attached hydrogens (tertiary/aromatic N) is 4. The van der Waals surface area contributed by atoms with Crippen LogP contribution in [0.4, 0.5) is 11.4 Å². The number of hydrogen-bond acceptors (Lipinski definition) is 6. The minimum atomic E-state index is -0.0803. The first-order valence-corrected chi connectivity index (χ1v) is 9.66. The van der Waals surface area contributed by atoms with E-state index in [1.165, 1.54) is 24.9 Å². The second-order valence-corrected chi connectivity index (χ2v) is 6.86. The lowest BCUT2D eigenvalue weighted by atomic mass is 10.1. The van der Waals surface area contributed by atoms with Crippen LogP contribution in [-0.2, 0) is 11.2 Å². The van der Waals surface area contributed by atoms with E-state index in [1.807, 2.05) is 24.3 Å². The van der Waals surface area contributed by atoms with Gasteiger partial charge in [0.25, 0.3) is 5.89 Å². The minimum Gasteiger partial charge on any atom is -0.419 e. The SMILES string of the molecule is O=C(CCc1nnc(-c2ccccn2)o1)Nc1ccc(N2CCCCC2)cc1. The van der Waals surface area contributed by atoms with Crippen LogP contribution in [0.25, 0.3) is 11.6 Å². The van der Waals surface area contributed by atoms with E-state index in [1.54, 1.807) is 12.3 Å². The number of carbonyl (C=O) groups excluding carboxylic acids is 1. The number of carbonyl (C=O) groups is 1. The molecule has 0 bridgehead atoms. The van der Waals surface area contributed by atoms with Crippen molar-refractivity contribution in [3.8, 4) is 11.6 Å². The smallest absolute Gasteiger partial charge is 0.266 e. The summed E-state index contributed by atoms with van der Waals surface area (Å²) in [5.74, 6) is 0.712. The summed E-state index contributed by atoms with van der Waals surface area (Å²) in [7, 11) is 0. The molecule has 1 aliphatic heterocycles. The Morgan fingerprint density at radius 2 is 1.86 bits per heavy atom. The number of anilines is 2. The van der Waals surface area contributed by atoms with Gasteiger partial charge in [0.1, 0.15) is 5.69 Å². The average Bonchev–Trinajstić information content (AvgIpc) is 3.23. The van der Waals surface area contributed by atoms with Crippen LogP contribution in [0.1, 0.15) is 31.6 Å². The molecule has 0 radical (unpaired) electrons. The molecule has 1 N–H and O–H groups in total. The van der Waals surface area contributed by atoms with Crippen LogP contribution >= 0.6 is 0 Å². The second kappa shape index (κ2) is 8.65. The van der Waals surface area contributed by atoms with Gasteiger partial charge in [-0.15, -0.1) is 10.2 Å². The van der Waals surface area contributed by atoms with Gasteiger partial charge < -0.3 is 14.6 Å². The highest BCUT2D eigenvalue weighted by atomic mass is 16.4. The molecule has 1 fully saturated rings. The van der Waals surface area contributed by atoms with Gasteiger partial charge in [-0.05, 0) is 55.7 Å². The van der Waals surface area contributed by atoms with Gasteiger partial charge in [0, 0.05) is 43.5 Å². The molecule has 28 heavy (non-hydrogen) atoms. The summed E-state index contributed by atoms with van der Waals surface area (Å²) in [6.07, 6.45) is 6.14. The molecule has 7 nitrogen and oxygen atoms in total. The van der Waals surface area contributed by atoms with E-state index in [4.69, 9.17) is 4.42 Å². The first-order valence-electron chi connectivity index (χ1n) is 9.66. The van der Waals surface area contributed by atoms with Gasteiger partial charge in [0.15, 0.2) is 0 Å². The summed E-state index contributed by atoms with van der Waals surface area (Å²) in [4.78, 5) is 18.8. The first kappa shape index (κ1) is 18.2. The Hall–Kier alpha value is -3.22. The lowest BCUT2D eigenvalue weighted by Gasteiger charge is -2.28. The Kier molecular flexibility index (Phi) is 5.61. The largest absolute Gasteiger partial charge is 0.419 e. The van der Waals surface area contributed by atoms with Crippen LogP contribution < -0.4 is 10.2 Å². The molecule has 2 aromatic heterocycles. The van der Waals surface area contributed by atoms with Crippen molar-refractivity contribution in [3.63, 3.8) is 0 Å². The van der Waals surface area contributed by atoms with Crippen LogP contribution in [0.15, 0.2) is 53.1 Å². The third kappa shape index (κ3) is 4.54. The van der Waals surface area contributed by atoms with Crippen molar-refractivity contribution in [1.29, 1.82) is 0 Å². The predicted octanol–water partition coefficient (Wildman–Crippen LogP) is 3.69. The van der Waals surface area contributed by atoms with Crippen LogP contribution in [-0.4, -0.2) is 34.2 Å². The van der Waals surface area contributed by atoms with Gasteiger partial charge in [-0.3, -0.25) is 9.78 Å². The Morgan fingerprint density at radius 3 is 2.61 bits per heavy atom. The third-order valence-electron chi connectivity index (χ3n) is 4.79. The van der Waals surface area contributed by atoms with E-state index in [9.17, 15) is 4.79 Å². The standard InChI is InChI=1S/C21H23N5O2/c27-19(11-12-20-24-25-21(28-20)18-6-2-3-13-22-18)23-16-7-9-17(10-8-16)26-14-4-1-5-15-26/h2-3,6-10,13H,1,4-5,11-12,14-15H2,(H,23,27). The number of hydrogen-bond donors (Lipinski definition) is 1. The van der Waals surface area contributed by atoms with Gasteiger partial charge in [-0.25, -0.2) is 0 Å². The summed E-state index contributed by atoms with van der Waals surface area (Å²) < 4.78 is 5.58. The molecule has 3 heterocycles. The summed E-state index contributed by atoms with van der Waals surface area (Å²) in [6, 6.07) is 13.5. The number of rotatable bonds is 6. The number of benzene rings is 1. The van der Waals surface area contributed by atoms with Crippen molar-refractivity contribution < 1.29 is 9.21 Å². The van der Waals surface area contributed by atoms with Gasteiger partial charge in [0.05, 0.1) is 0 Å². The second-order valence-electron chi connectivity index (χ2n) is 6.86. The fourth-order valence-electron chi connectivity index (χ4n) is 3.30. The quantitative estimate of drug-likeness (QED) is 0.705. The predicted molar refractivity (Wildman–Crippen MR) is 107 cm³/mol. The zero-order chi connectivity index (χ0) is 19.2. The summed E-state index contributed by atoms with van der Waals surface area (Å²) in [5, 5.41) is 10.9. The molecular weight excluding hydrogens is 354 g/mol. The molecule has 144 valence electrons. The molecule has 1 amide bonds. The van der Waals surface area contributed by atoms with Crippen LogP contribution in [0.5, 0.6) is 0 Å². The van der Waals surface area contributed by atoms with Crippen molar-refractivity contribution in [3.05, 3.63) is 54.6 Å². The molecule has 4 rings (SSSR count). The van der Waals surface area contributed by atoms with Crippen molar-refractivity contribution in [1.82, 2.24) is 15.2 Å². The topological polar surface area (TPSA) is 84.1 Å². The number of nitrogens with one attached hydrogen (secondary N) is 1. The highest BCUT2D eigenvalue weighted by Gasteiger charge is 2.13. The van der Waals surface area contributed by atoms with Crippen molar-refractivity contribution in [2.24, 2.45) is 0 Å². The minimum absolute atomic E-state index is 0.0803. The van der Waals surface area contributed by atoms with Crippen molar-refractivity contribution in [2.45, 2.75) is 32.1 Å². The molecule has 1 saturated heterocycles. The third-order valence-corrected chi connectivity index (χ3v) is 4.79. The number of pyridine rings is 1. The molecule has 7 heteroatoms. The summed E-state index contributed by atoms with van der Waals surface area (Å²) in [6.45, 7) is 2.22. The van der Waals surface area contributed by atoms with Crippen LogP contribution in [0, 0.1) is 0 Å². The molecule has 0 aliphatic carbocycles. The van der Waals surface area contributed by atoms with Gasteiger partial charge in [-0.2, -0.15) is 0 Å². The van der Waals surface area contributed by atoms with Crippen molar-refractivity contribution in [2.75, 3.05) is 23.3 Å². The molecule has 3 aromatic rings. The van der Waals surface area contributed by atoms with E-state index in [2.05, 4.69) is 37.5 Å². The van der Waals surface area contributed by atoms with E-state index in [-0.39, 0.29) is 12.3 Å². The summed E-state index contributed by atoms with van der Waals surface area (Å²) >= 11 is 0. The molecule has 1 aliphatic rings. The Morgan fingerprint density at radius 1 is 1.04 bits per heavy atom. The molecule has 1 aromatic carbocycles. The van der Waals surface area contributed by atoms with Crippen LogP contribution in [0.2, 0.25) is 0 Å². The average molecular weight is 377 g/mol. The zero-order valence-electron chi connectivity index (χ0n) is 15.7. The van der Waals surface area contributed by atoms with Crippen molar-refractivity contribution >= 4 is 17.3 Å². The molecule has 0 unspecified atom stereocenters. The van der Waals surface area contributed by atoms with E-state index in [0.29, 0.717) is 23.9 Å². The first-order chi connectivity index (χ1) is 13.8. The van der Waals surface area contributed by atoms with Crippen LogP contribution in [0.3, 0.4) is 0 Å². The normalized spacial score (nSPS) is 14.1. The zero-order valence-corrected chi connectivity index (χ0v) is 15.7. The summed E-state index contributed by atoms with van der Waals surface area (Å²) in [5.41, 5.74) is 2.63. The van der Waals surface area contributed by atoms with E-state index < -0.39 is 0 Å². The van der Waals surface area contributed by atoms with E-state index >= 15 is 0 Å². The van der Waals surface area contributed by atoms with Gasteiger partial charge >= 0.3 is 0 Å². The highest BCUT2D eigenvalue weighted by Crippen LogP contribution is 2.22. The maximum absolute atomic E-state index is 12.2. The fourth-order valence-corrected chi connectivity index (χ4v) is 3.30. The van der Waals surface area contributed by atoms with Gasteiger partial charge in [-0.1, -0.05) is 6.07 Å². The Labute approximate surface area is 163 Å². The van der Waals surface area contributed by atoms with E-state index in [0.717, 1.165) is 18.8 Å². The highest BCUT2D eigenvalue weighted by molar-refractivity contribution is 5.90. The lowest BCUT2D eigenvalue weighted by Crippen LogP contribution is -2.29. The lowest BCUT2D eigenvalue weighted by molar-refractivity contribution is -0.116. The fraction of sp³-hybridized carbons (Fsp3) is 0.333. The maximum atomic E-state index is 12.2. The Bertz CT molecular complexity index is 902. The Balaban J connectivity index is 1.28. The van der Waals surface area contributed by atoms with Gasteiger partial charge in [0.2, 0.25) is 11.8 Å². The maximum Gasteiger partial charge on any atom is 0.266 e. The number of aromatic nitrogens is 3.